The highest BCUT2D eigenvalue weighted by atomic mass is 16.5. The molecule has 0 saturated heterocycles. The van der Waals surface area contributed by atoms with Gasteiger partial charge in [0.15, 0.2) is 0 Å². The van der Waals surface area contributed by atoms with Crippen molar-refractivity contribution < 1.29 is 4.74 Å². The van der Waals surface area contributed by atoms with E-state index in [4.69, 9.17) is 4.74 Å². The Morgan fingerprint density at radius 1 is 1.22 bits per heavy atom. The third-order valence-electron chi connectivity index (χ3n) is 3.14. The number of nitrogens with one attached hydrogen (secondary N) is 1. The van der Waals surface area contributed by atoms with E-state index in [0.29, 0.717) is 12.0 Å². The largest absolute Gasteiger partial charge is 0.377 e. The molecule has 2 heteroatoms. The van der Waals surface area contributed by atoms with Crippen molar-refractivity contribution in [1.82, 2.24) is 5.32 Å². The molecule has 1 N–H and O–H groups in total. The highest BCUT2D eigenvalue weighted by Gasteiger charge is 2.12. The molecular formula is C16H27NO. The fourth-order valence-electron chi connectivity index (χ4n) is 2.23. The molecule has 2 atom stereocenters. The van der Waals surface area contributed by atoms with Gasteiger partial charge in [-0.2, -0.15) is 0 Å². The molecule has 0 aromatic heterocycles. The van der Waals surface area contributed by atoms with Crippen LogP contribution in [0.4, 0.5) is 0 Å². The molecule has 0 heterocycles. The standard InChI is InChI=1S/C16H27NO/c1-12(2)9-14(4)18-11-16(17-5)15-8-6-7-13(3)10-15/h6-8,10,12,14,16-17H,9,11H2,1-5H3. The molecule has 0 fully saturated rings. The number of rotatable bonds is 7. The summed E-state index contributed by atoms with van der Waals surface area (Å²) in [5.74, 6) is 0.687. The molecule has 0 amide bonds. The van der Waals surface area contributed by atoms with Gasteiger partial charge in [-0.15, -0.1) is 0 Å². The molecule has 0 saturated carbocycles. The fraction of sp³-hybridized carbons (Fsp3) is 0.625. The smallest absolute Gasteiger partial charge is 0.0665 e. The minimum Gasteiger partial charge on any atom is -0.377 e. The zero-order chi connectivity index (χ0) is 13.5. The lowest BCUT2D eigenvalue weighted by molar-refractivity contribution is 0.0383. The molecule has 18 heavy (non-hydrogen) atoms. The molecule has 2 nitrogen and oxygen atoms in total. The number of likely N-dealkylation sites (N-methyl/N-ethyl adjacent to an activating group) is 1. The van der Waals surface area contributed by atoms with E-state index in [1.165, 1.54) is 11.1 Å². The van der Waals surface area contributed by atoms with Crippen molar-refractivity contribution in [2.45, 2.75) is 46.3 Å². The summed E-state index contributed by atoms with van der Waals surface area (Å²) in [4.78, 5) is 0. The maximum atomic E-state index is 5.94. The second kappa shape index (κ2) is 7.55. The van der Waals surface area contributed by atoms with E-state index in [0.717, 1.165) is 13.0 Å². The summed E-state index contributed by atoms with van der Waals surface area (Å²) in [5.41, 5.74) is 2.59. The number of hydrogen-bond donors (Lipinski definition) is 1. The van der Waals surface area contributed by atoms with Gasteiger partial charge in [-0.1, -0.05) is 43.7 Å². The van der Waals surface area contributed by atoms with Gasteiger partial charge >= 0.3 is 0 Å². The van der Waals surface area contributed by atoms with Crippen molar-refractivity contribution >= 4 is 0 Å². The lowest BCUT2D eigenvalue weighted by Gasteiger charge is -2.21. The Labute approximate surface area is 112 Å². The summed E-state index contributed by atoms with van der Waals surface area (Å²) in [6.45, 7) is 9.47. The highest BCUT2D eigenvalue weighted by molar-refractivity contribution is 5.25. The van der Waals surface area contributed by atoms with Gasteiger partial charge < -0.3 is 10.1 Å². The molecule has 102 valence electrons. The Balaban J connectivity index is 2.52. The number of hydrogen-bond acceptors (Lipinski definition) is 2. The first-order chi connectivity index (χ1) is 8.52. The fourth-order valence-corrected chi connectivity index (χ4v) is 2.23. The molecular weight excluding hydrogens is 222 g/mol. The van der Waals surface area contributed by atoms with Crippen LogP contribution >= 0.6 is 0 Å². The second-order valence-corrected chi connectivity index (χ2v) is 5.53. The Kier molecular flexibility index (Phi) is 6.37. The summed E-state index contributed by atoms with van der Waals surface area (Å²) < 4.78 is 5.94. The molecule has 0 bridgehead atoms. The predicted octanol–water partition coefficient (Wildman–Crippen LogP) is 3.71. The lowest BCUT2D eigenvalue weighted by atomic mass is 10.0. The van der Waals surface area contributed by atoms with Gasteiger partial charge in [0, 0.05) is 0 Å². The Morgan fingerprint density at radius 3 is 2.50 bits per heavy atom. The molecule has 1 aromatic carbocycles. The minimum absolute atomic E-state index is 0.277. The number of aryl methyl sites for hydroxylation is 1. The summed E-state index contributed by atoms with van der Waals surface area (Å²) in [6.07, 6.45) is 1.44. The van der Waals surface area contributed by atoms with Crippen LogP contribution < -0.4 is 5.32 Å². The minimum atomic E-state index is 0.277. The van der Waals surface area contributed by atoms with E-state index in [1.54, 1.807) is 0 Å². The number of ether oxygens (including phenoxy) is 1. The van der Waals surface area contributed by atoms with Gasteiger partial charge in [0.25, 0.3) is 0 Å². The van der Waals surface area contributed by atoms with Crippen LogP contribution in [0.3, 0.4) is 0 Å². The van der Waals surface area contributed by atoms with E-state index < -0.39 is 0 Å². The van der Waals surface area contributed by atoms with Crippen LogP contribution in [0.2, 0.25) is 0 Å². The van der Waals surface area contributed by atoms with Gasteiger partial charge in [0.05, 0.1) is 18.8 Å². The maximum absolute atomic E-state index is 5.94. The highest BCUT2D eigenvalue weighted by Crippen LogP contribution is 2.16. The molecule has 1 aromatic rings. The zero-order valence-electron chi connectivity index (χ0n) is 12.4. The van der Waals surface area contributed by atoms with Crippen LogP contribution in [0.1, 0.15) is 44.4 Å². The van der Waals surface area contributed by atoms with Gasteiger partial charge in [-0.05, 0) is 38.8 Å². The predicted molar refractivity (Wildman–Crippen MR) is 77.8 cm³/mol. The molecule has 0 radical (unpaired) electrons. The lowest BCUT2D eigenvalue weighted by Crippen LogP contribution is -2.24. The first-order valence-electron chi connectivity index (χ1n) is 6.88. The van der Waals surface area contributed by atoms with Crippen molar-refractivity contribution in [3.8, 4) is 0 Å². The van der Waals surface area contributed by atoms with E-state index >= 15 is 0 Å². The van der Waals surface area contributed by atoms with E-state index in [2.05, 4.69) is 57.3 Å². The quantitative estimate of drug-likeness (QED) is 0.795. The number of benzene rings is 1. The SMILES string of the molecule is CNC(COC(C)CC(C)C)c1cccc(C)c1. The van der Waals surface area contributed by atoms with Crippen LogP contribution in [-0.2, 0) is 4.74 Å². The van der Waals surface area contributed by atoms with Gasteiger partial charge in [0.1, 0.15) is 0 Å². The molecule has 2 unspecified atom stereocenters. The van der Waals surface area contributed by atoms with E-state index in [-0.39, 0.29) is 6.04 Å². The summed E-state index contributed by atoms with van der Waals surface area (Å²) in [6, 6.07) is 8.88. The van der Waals surface area contributed by atoms with Gasteiger partial charge in [-0.25, -0.2) is 0 Å². The van der Waals surface area contributed by atoms with Gasteiger partial charge in [-0.3, -0.25) is 0 Å². The van der Waals surface area contributed by atoms with Crippen LogP contribution in [0.25, 0.3) is 0 Å². The third kappa shape index (κ3) is 5.19. The Morgan fingerprint density at radius 2 is 1.94 bits per heavy atom. The van der Waals surface area contributed by atoms with E-state index in [9.17, 15) is 0 Å². The first kappa shape index (κ1) is 15.2. The van der Waals surface area contributed by atoms with Crippen molar-refractivity contribution in [1.29, 1.82) is 0 Å². The molecule has 0 aliphatic heterocycles. The van der Waals surface area contributed by atoms with Gasteiger partial charge in [0.2, 0.25) is 0 Å². The van der Waals surface area contributed by atoms with Crippen molar-refractivity contribution in [3.63, 3.8) is 0 Å². The van der Waals surface area contributed by atoms with Crippen LogP contribution in [0.5, 0.6) is 0 Å². The second-order valence-electron chi connectivity index (χ2n) is 5.53. The summed E-state index contributed by atoms with van der Waals surface area (Å²) >= 11 is 0. The average Bonchev–Trinajstić information content (AvgIpc) is 2.29. The van der Waals surface area contributed by atoms with Crippen LogP contribution in [-0.4, -0.2) is 19.8 Å². The molecule has 0 aliphatic rings. The summed E-state index contributed by atoms with van der Waals surface area (Å²) in [7, 11) is 1.99. The Hall–Kier alpha value is -0.860. The molecule has 0 aliphatic carbocycles. The van der Waals surface area contributed by atoms with Crippen molar-refractivity contribution in [3.05, 3.63) is 35.4 Å². The normalized spacial score (nSPS) is 14.8. The molecule has 0 spiro atoms. The van der Waals surface area contributed by atoms with Crippen LogP contribution in [0.15, 0.2) is 24.3 Å². The van der Waals surface area contributed by atoms with Crippen LogP contribution in [0, 0.1) is 12.8 Å². The summed E-state index contributed by atoms with van der Waals surface area (Å²) in [5, 5.41) is 3.33. The van der Waals surface area contributed by atoms with E-state index in [1.807, 2.05) is 7.05 Å². The topological polar surface area (TPSA) is 21.3 Å². The monoisotopic (exact) mass is 249 g/mol. The molecule has 1 rings (SSSR count). The average molecular weight is 249 g/mol. The van der Waals surface area contributed by atoms with Crippen molar-refractivity contribution in [2.24, 2.45) is 5.92 Å². The third-order valence-corrected chi connectivity index (χ3v) is 3.14. The zero-order valence-corrected chi connectivity index (χ0v) is 12.4. The maximum Gasteiger partial charge on any atom is 0.0665 e. The Bertz CT molecular complexity index is 349. The first-order valence-corrected chi connectivity index (χ1v) is 6.88. The van der Waals surface area contributed by atoms with Crippen molar-refractivity contribution in [2.75, 3.05) is 13.7 Å².